The number of anilines is 1. The average molecular weight is 502 g/mol. The van der Waals surface area contributed by atoms with Crippen LogP contribution in [0.5, 0.6) is 5.75 Å². The molecule has 1 fully saturated rings. The molecule has 1 heterocycles. The summed E-state index contributed by atoms with van der Waals surface area (Å²) in [5, 5.41) is 0. The zero-order valence-corrected chi connectivity index (χ0v) is 19.7. The Kier molecular flexibility index (Phi) is 5.76. The zero-order valence-electron chi connectivity index (χ0n) is 23.7. The molecule has 1 saturated heterocycles. The molecule has 186 valence electrons. The van der Waals surface area contributed by atoms with E-state index in [0.29, 0.717) is 17.9 Å². The Labute approximate surface area is 219 Å². The zero-order chi connectivity index (χ0) is 29.3. The molecule has 0 aromatic heterocycles. The normalized spacial score (nSPS) is 18.3. The fraction of sp³-hybridized carbons (Fsp3) is 0.161. The van der Waals surface area contributed by atoms with Crippen LogP contribution in [0.2, 0.25) is 0 Å². The van der Waals surface area contributed by atoms with Gasteiger partial charge in [0.1, 0.15) is 24.0 Å². The number of hydrogen-bond acceptors (Lipinski definition) is 3. The van der Waals surface area contributed by atoms with E-state index in [1.807, 2.05) is 30.3 Å². The van der Waals surface area contributed by atoms with Gasteiger partial charge in [0.05, 0.1) is 17.4 Å². The number of nitrogens with zero attached hydrogens (tertiary/aromatic N) is 1. The quantitative estimate of drug-likeness (QED) is 0.185. The number of carbonyl (C=O) groups is 2. The first kappa shape index (κ1) is 19.8. The SMILES string of the molecule is [2H]c1cc(F)cc([2H])c1C(=O)CC[C@H]1C(=O)N(c2c([2H])cc(F)cc2[2H])[C@@H]1c1ccc(OCc2ccccc2)cc1. The molecular weight excluding hydrogens is 472 g/mol. The number of benzene rings is 4. The number of amides is 1. The van der Waals surface area contributed by atoms with Crippen LogP contribution in [0.3, 0.4) is 0 Å². The highest BCUT2D eigenvalue weighted by Gasteiger charge is 2.48. The van der Waals surface area contributed by atoms with Crippen molar-refractivity contribution < 1.29 is 28.6 Å². The molecule has 4 aromatic rings. The molecule has 4 aromatic carbocycles. The van der Waals surface area contributed by atoms with Crippen molar-refractivity contribution in [3.8, 4) is 5.75 Å². The number of halogens is 2. The van der Waals surface area contributed by atoms with Crippen LogP contribution in [-0.2, 0) is 11.4 Å². The van der Waals surface area contributed by atoms with E-state index in [-0.39, 0.29) is 36.2 Å². The standard InChI is InChI=1S/C31H25F2NO3/c32-24-10-6-22(7-11-24)29(35)19-18-28-30(34(31(28)36)26-14-12-25(33)13-15-26)23-8-16-27(17-9-23)37-20-21-4-2-1-3-5-21/h1-17,28,30H,18-20H2/t28-,30-/m1/s1/i6D,7D,14D,15D. The number of ketones is 1. The largest absolute Gasteiger partial charge is 0.489 e. The molecule has 0 unspecified atom stereocenters. The van der Waals surface area contributed by atoms with Crippen molar-refractivity contribution in [2.45, 2.75) is 25.5 Å². The first-order valence-corrected chi connectivity index (χ1v) is 11.8. The van der Waals surface area contributed by atoms with Gasteiger partial charge < -0.3 is 9.64 Å². The minimum Gasteiger partial charge on any atom is -0.489 e. The Morgan fingerprint density at radius 3 is 2.14 bits per heavy atom. The number of hydrogen-bond donors (Lipinski definition) is 0. The topological polar surface area (TPSA) is 46.6 Å². The van der Waals surface area contributed by atoms with Crippen molar-refractivity contribution in [1.29, 1.82) is 0 Å². The number of carbonyl (C=O) groups excluding carboxylic acids is 2. The van der Waals surface area contributed by atoms with Crippen molar-refractivity contribution in [2.75, 3.05) is 4.90 Å². The van der Waals surface area contributed by atoms with Crippen LogP contribution >= 0.6 is 0 Å². The first-order chi connectivity index (χ1) is 19.6. The highest BCUT2D eigenvalue weighted by molar-refractivity contribution is 6.04. The summed E-state index contributed by atoms with van der Waals surface area (Å²) in [5.41, 5.74) is 1.41. The van der Waals surface area contributed by atoms with Crippen molar-refractivity contribution in [3.05, 3.63) is 131 Å². The minimum absolute atomic E-state index is 0.0335. The summed E-state index contributed by atoms with van der Waals surface area (Å²) in [6.45, 7) is 0.359. The van der Waals surface area contributed by atoms with Crippen molar-refractivity contribution >= 4 is 17.4 Å². The van der Waals surface area contributed by atoms with Gasteiger partial charge in [-0.1, -0.05) is 42.5 Å². The van der Waals surface area contributed by atoms with Crippen LogP contribution in [0.25, 0.3) is 0 Å². The molecule has 0 bridgehead atoms. The van der Waals surface area contributed by atoms with Crippen LogP contribution in [0.1, 0.15) is 45.9 Å². The molecule has 0 aliphatic carbocycles. The predicted octanol–water partition coefficient (Wildman–Crippen LogP) is 6.91. The summed E-state index contributed by atoms with van der Waals surface area (Å²) in [7, 11) is 0. The van der Waals surface area contributed by atoms with Gasteiger partial charge in [-0.3, -0.25) is 9.59 Å². The maximum atomic E-state index is 13.8. The maximum Gasteiger partial charge on any atom is 0.233 e. The van der Waals surface area contributed by atoms with E-state index in [2.05, 4.69) is 0 Å². The van der Waals surface area contributed by atoms with Crippen LogP contribution < -0.4 is 9.64 Å². The Morgan fingerprint density at radius 1 is 0.865 bits per heavy atom. The second kappa shape index (κ2) is 10.7. The highest BCUT2D eigenvalue weighted by atomic mass is 19.1. The van der Waals surface area contributed by atoms with Crippen molar-refractivity contribution in [2.24, 2.45) is 5.92 Å². The molecule has 0 radical (unpaired) electrons. The molecule has 37 heavy (non-hydrogen) atoms. The van der Waals surface area contributed by atoms with Gasteiger partial charge in [-0.05, 0) is 78.1 Å². The van der Waals surface area contributed by atoms with Crippen molar-refractivity contribution in [3.63, 3.8) is 0 Å². The van der Waals surface area contributed by atoms with Gasteiger partial charge in [-0.15, -0.1) is 0 Å². The molecule has 1 aliphatic rings. The van der Waals surface area contributed by atoms with E-state index in [0.717, 1.165) is 29.8 Å². The van der Waals surface area contributed by atoms with Gasteiger partial charge in [0.25, 0.3) is 0 Å². The summed E-state index contributed by atoms with van der Waals surface area (Å²) in [4.78, 5) is 27.6. The van der Waals surface area contributed by atoms with Gasteiger partial charge in [0, 0.05) is 17.7 Å². The molecule has 2 atom stereocenters. The fourth-order valence-corrected chi connectivity index (χ4v) is 4.40. The molecular formula is C31H25F2NO3. The average Bonchev–Trinajstić information content (AvgIpc) is 2.92. The van der Waals surface area contributed by atoms with Gasteiger partial charge in [-0.2, -0.15) is 0 Å². The molecule has 1 amide bonds. The lowest BCUT2D eigenvalue weighted by Gasteiger charge is -2.47. The Hall–Kier alpha value is -4.32. The molecule has 0 spiro atoms. The number of Topliss-reactive ketones (excluding diaryl/α,β-unsaturated/α-hetero) is 1. The third kappa shape index (κ3) is 5.43. The molecule has 0 saturated carbocycles. The predicted molar refractivity (Wildman–Crippen MR) is 137 cm³/mol. The summed E-state index contributed by atoms with van der Waals surface area (Å²) in [6.07, 6.45) is -0.115. The van der Waals surface area contributed by atoms with Gasteiger partial charge in [0.15, 0.2) is 5.78 Å². The lowest BCUT2D eigenvalue weighted by molar-refractivity contribution is -0.130. The maximum absolute atomic E-state index is 13.8. The summed E-state index contributed by atoms with van der Waals surface area (Å²) < 4.78 is 65.6. The van der Waals surface area contributed by atoms with Crippen molar-refractivity contribution in [1.82, 2.24) is 0 Å². The second-order valence-corrected chi connectivity index (χ2v) is 8.71. The highest BCUT2D eigenvalue weighted by Crippen LogP contribution is 2.46. The number of β-lactam (4-membered cyclic amide) rings is 1. The minimum atomic E-state index is -0.783. The van der Waals surface area contributed by atoms with Crippen LogP contribution in [0.15, 0.2) is 103 Å². The molecule has 5 rings (SSSR count). The van der Waals surface area contributed by atoms with Gasteiger partial charge >= 0.3 is 0 Å². The summed E-state index contributed by atoms with van der Waals surface area (Å²) in [5.74, 6) is -2.66. The lowest BCUT2D eigenvalue weighted by atomic mass is 9.78. The Morgan fingerprint density at radius 2 is 1.49 bits per heavy atom. The van der Waals surface area contributed by atoms with Crippen LogP contribution in [0.4, 0.5) is 14.5 Å². The lowest BCUT2D eigenvalue weighted by Crippen LogP contribution is -2.55. The third-order valence-corrected chi connectivity index (χ3v) is 6.29. The second-order valence-electron chi connectivity index (χ2n) is 8.71. The molecule has 1 aliphatic heterocycles. The number of ether oxygens (including phenoxy) is 1. The van der Waals surface area contributed by atoms with E-state index in [4.69, 9.17) is 10.2 Å². The van der Waals surface area contributed by atoms with E-state index in [1.54, 1.807) is 24.3 Å². The summed E-state index contributed by atoms with van der Waals surface area (Å²) in [6, 6.07) is 18.2. The van der Waals surface area contributed by atoms with E-state index in [1.165, 1.54) is 4.90 Å². The van der Waals surface area contributed by atoms with Crippen LogP contribution in [-0.4, -0.2) is 11.7 Å². The van der Waals surface area contributed by atoms with E-state index < -0.39 is 47.4 Å². The fourth-order valence-electron chi connectivity index (χ4n) is 4.40. The Balaban J connectivity index is 1.40. The van der Waals surface area contributed by atoms with Gasteiger partial charge in [-0.25, -0.2) is 8.78 Å². The Bertz CT molecular complexity index is 1570. The first-order valence-electron chi connectivity index (χ1n) is 13.8. The van der Waals surface area contributed by atoms with Gasteiger partial charge in [0.2, 0.25) is 5.91 Å². The third-order valence-electron chi connectivity index (χ3n) is 6.29. The van der Waals surface area contributed by atoms with E-state index in [9.17, 15) is 18.4 Å². The smallest absolute Gasteiger partial charge is 0.233 e. The summed E-state index contributed by atoms with van der Waals surface area (Å²) >= 11 is 0. The van der Waals surface area contributed by atoms with Crippen LogP contribution in [0, 0.1) is 17.6 Å². The monoisotopic (exact) mass is 501 g/mol. The molecule has 6 heteroatoms. The number of rotatable bonds is 9. The molecule has 4 nitrogen and oxygen atoms in total. The van der Waals surface area contributed by atoms with E-state index >= 15 is 0 Å². The molecule has 0 N–H and O–H groups in total.